The molecule has 8 nitrogen and oxygen atoms in total. The minimum Gasteiger partial charge on any atom is -0.474 e. The fourth-order valence-corrected chi connectivity index (χ4v) is 2.89. The molecule has 0 aliphatic carbocycles. The van der Waals surface area contributed by atoms with E-state index in [0.29, 0.717) is 40.8 Å². The Hall–Kier alpha value is -3.94. The molecule has 0 aliphatic rings. The molecule has 2 aromatic carbocycles. The number of para-hydroxylation sites is 2. The predicted molar refractivity (Wildman–Crippen MR) is 119 cm³/mol. The average Bonchev–Trinajstić information content (AvgIpc) is 2.81. The summed E-state index contributed by atoms with van der Waals surface area (Å²) in [6, 6.07) is 17.4. The first kappa shape index (κ1) is 22.7. The van der Waals surface area contributed by atoms with Gasteiger partial charge in [-0.05, 0) is 62.2 Å². The number of pyridine rings is 1. The fourth-order valence-electron chi connectivity index (χ4n) is 2.89. The largest absolute Gasteiger partial charge is 0.474 e. The van der Waals surface area contributed by atoms with Crippen molar-refractivity contribution in [2.75, 3.05) is 13.7 Å². The van der Waals surface area contributed by atoms with E-state index >= 15 is 0 Å². The molecule has 3 aromatic rings. The lowest BCUT2D eigenvalue weighted by atomic mass is 10.1. The smallest absolute Gasteiger partial charge is 0.317 e. The van der Waals surface area contributed by atoms with Crippen molar-refractivity contribution in [2.45, 2.75) is 25.9 Å². The second-order valence-electron chi connectivity index (χ2n) is 7.46. The first-order valence-electron chi connectivity index (χ1n) is 10.1. The van der Waals surface area contributed by atoms with Crippen LogP contribution in [0.4, 0.5) is 5.69 Å². The highest BCUT2D eigenvalue weighted by Gasteiger charge is 2.30. The van der Waals surface area contributed by atoms with Gasteiger partial charge in [-0.25, -0.2) is 4.84 Å². The van der Waals surface area contributed by atoms with Crippen LogP contribution in [0.1, 0.15) is 19.4 Å². The fraction of sp³-hybridized carbons (Fsp3) is 0.250. The molecule has 1 amide bonds. The van der Waals surface area contributed by atoms with Crippen molar-refractivity contribution in [1.29, 1.82) is 0 Å². The van der Waals surface area contributed by atoms with Crippen molar-refractivity contribution < 1.29 is 24.0 Å². The molecule has 0 bridgehead atoms. The number of aromatic nitrogens is 1. The molecule has 0 unspecified atom stereocenters. The predicted octanol–water partition coefficient (Wildman–Crippen LogP) is 4.36. The molecular formula is C24H26N3O5+. The Morgan fingerprint density at radius 1 is 1.00 bits per heavy atom. The van der Waals surface area contributed by atoms with Gasteiger partial charge in [-0.1, -0.05) is 12.1 Å². The number of ether oxygens (including phenoxy) is 2. The summed E-state index contributed by atoms with van der Waals surface area (Å²) in [4.78, 5) is 33.2. The van der Waals surface area contributed by atoms with Gasteiger partial charge in [0.05, 0.1) is 4.91 Å². The van der Waals surface area contributed by atoms with Crippen molar-refractivity contribution in [1.82, 2.24) is 10.3 Å². The third-order valence-electron chi connectivity index (χ3n) is 4.65. The third-order valence-corrected chi connectivity index (χ3v) is 4.65. The number of rotatable bonds is 10. The van der Waals surface area contributed by atoms with Crippen molar-refractivity contribution >= 4 is 11.6 Å². The molecule has 1 aromatic heterocycles. The summed E-state index contributed by atoms with van der Waals surface area (Å²) in [6.07, 6.45) is 4.15. The third kappa shape index (κ3) is 6.04. The van der Waals surface area contributed by atoms with Crippen molar-refractivity contribution in [3.8, 4) is 17.2 Å². The highest BCUT2D eigenvalue weighted by molar-refractivity contribution is 5.84. The molecular weight excluding hydrogens is 410 g/mol. The van der Waals surface area contributed by atoms with Crippen LogP contribution in [0.15, 0.2) is 73.1 Å². The van der Waals surface area contributed by atoms with Crippen LogP contribution in [0.25, 0.3) is 0 Å². The summed E-state index contributed by atoms with van der Waals surface area (Å²) in [5, 5.41) is 2.91. The van der Waals surface area contributed by atoms with Gasteiger partial charge in [0, 0.05) is 31.1 Å². The zero-order chi connectivity index (χ0) is 23.0. The quantitative estimate of drug-likeness (QED) is 0.475. The van der Waals surface area contributed by atoms with E-state index in [0.717, 1.165) is 5.56 Å². The highest BCUT2D eigenvalue weighted by Crippen LogP contribution is 2.34. The second kappa shape index (κ2) is 10.4. The van der Waals surface area contributed by atoms with E-state index in [2.05, 4.69) is 15.1 Å². The molecule has 0 saturated carbocycles. The van der Waals surface area contributed by atoms with E-state index in [1.165, 1.54) is 7.11 Å². The van der Waals surface area contributed by atoms with Gasteiger partial charge in [-0.2, -0.15) is 0 Å². The lowest BCUT2D eigenvalue weighted by molar-refractivity contribution is -0.736. The van der Waals surface area contributed by atoms with Crippen LogP contribution in [0.5, 0.6) is 17.2 Å². The minimum absolute atomic E-state index is 0.235. The summed E-state index contributed by atoms with van der Waals surface area (Å²) in [6.45, 7) is 3.89. The van der Waals surface area contributed by atoms with Crippen LogP contribution in [0.2, 0.25) is 0 Å². The number of amides is 1. The van der Waals surface area contributed by atoms with E-state index < -0.39 is 5.60 Å². The monoisotopic (exact) mass is 436 g/mol. The Bertz CT molecular complexity index is 1050. The van der Waals surface area contributed by atoms with Gasteiger partial charge in [-0.3, -0.25) is 9.78 Å². The summed E-state index contributed by atoms with van der Waals surface area (Å²) in [7, 11) is 1.29. The van der Waals surface area contributed by atoms with Gasteiger partial charge in [0.15, 0.2) is 24.2 Å². The Balaban J connectivity index is 1.63. The van der Waals surface area contributed by atoms with Crippen LogP contribution in [0, 0.1) is 4.91 Å². The Kier molecular flexibility index (Phi) is 7.38. The van der Waals surface area contributed by atoms with Gasteiger partial charge >= 0.3 is 5.69 Å². The van der Waals surface area contributed by atoms with Gasteiger partial charge in [0.25, 0.3) is 10.8 Å². The number of carbonyl (C=O) groups is 1. The molecule has 1 N–H and O–H groups in total. The molecule has 0 atom stereocenters. The van der Waals surface area contributed by atoms with Gasteiger partial charge in [-0.15, -0.1) is 0 Å². The Labute approximate surface area is 186 Å². The number of hydrogen-bond acceptors (Lipinski definition) is 6. The number of carbonyl (C=O) groups excluding carboxylic acids is 1. The summed E-state index contributed by atoms with van der Waals surface area (Å²) in [5.74, 6) is 1.14. The summed E-state index contributed by atoms with van der Waals surface area (Å²) < 4.78 is 11.9. The van der Waals surface area contributed by atoms with Crippen molar-refractivity contribution in [2.24, 2.45) is 0 Å². The average molecular weight is 436 g/mol. The van der Waals surface area contributed by atoms with Gasteiger partial charge in [0.2, 0.25) is 0 Å². The molecule has 0 saturated heterocycles. The van der Waals surface area contributed by atoms with E-state index in [-0.39, 0.29) is 5.91 Å². The topological polar surface area (TPSA) is 89.8 Å². The SMILES string of the molecule is CO[N+](=O)c1ccc(Oc2ccccc2OC(C)(C)C(=O)NCCc2ccncc2)cc1. The highest BCUT2D eigenvalue weighted by atomic mass is 16.8. The van der Waals surface area contributed by atoms with Crippen LogP contribution < -0.4 is 14.8 Å². The van der Waals surface area contributed by atoms with Gasteiger partial charge in [0.1, 0.15) is 5.75 Å². The zero-order valence-corrected chi connectivity index (χ0v) is 18.3. The molecule has 8 heteroatoms. The first-order valence-corrected chi connectivity index (χ1v) is 10.1. The van der Waals surface area contributed by atoms with Crippen LogP contribution in [-0.2, 0) is 16.1 Å². The van der Waals surface area contributed by atoms with Crippen LogP contribution in [-0.4, -0.2) is 35.1 Å². The number of nitrogens with zero attached hydrogens (tertiary/aromatic N) is 2. The zero-order valence-electron chi connectivity index (χ0n) is 18.3. The molecule has 0 spiro atoms. The number of benzene rings is 2. The molecule has 1 heterocycles. The second-order valence-corrected chi connectivity index (χ2v) is 7.46. The lowest BCUT2D eigenvalue weighted by Crippen LogP contribution is -2.47. The normalized spacial score (nSPS) is 10.8. The minimum atomic E-state index is -1.12. The lowest BCUT2D eigenvalue weighted by Gasteiger charge is -2.26. The molecule has 0 fully saturated rings. The first-order chi connectivity index (χ1) is 15.4. The maximum absolute atomic E-state index is 12.7. The molecule has 0 radical (unpaired) electrons. The molecule has 0 aliphatic heterocycles. The van der Waals surface area contributed by atoms with Gasteiger partial charge < -0.3 is 14.8 Å². The Morgan fingerprint density at radius 2 is 1.66 bits per heavy atom. The van der Waals surface area contributed by atoms with Crippen LogP contribution in [0.3, 0.4) is 0 Å². The van der Waals surface area contributed by atoms with E-state index in [9.17, 15) is 9.70 Å². The summed E-state index contributed by atoms with van der Waals surface area (Å²) in [5.41, 5.74) is 0.312. The molecule has 166 valence electrons. The number of hydrogen-bond donors (Lipinski definition) is 1. The van der Waals surface area contributed by atoms with Crippen molar-refractivity contribution in [3.05, 3.63) is 83.5 Å². The maximum atomic E-state index is 12.7. The van der Waals surface area contributed by atoms with E-state index in [4.69, 9.17) is 9.47 Å². The van der Waals surface area contributed by atoms with E-state index in [1.807, 2.05) is 18.2 Å². The van der Waals surface area contributed by atoms with Crippen molar-refractivity contribution in [3.63, 3.8) is 0 Å². The number of nitrogens with one attached hydrogen (secondary N) is 1. The maximum Gasteiger partial charge on any atom is 0.317 e. The molecule has 32 heavy (non-hydrogen) atoms. The summed E-state index contributed by atoms with van der Waals surface area (Å²) >= 11 is 0. The van der Waals surface area contributed by atoms with Crippen LogP contribution >= 0.6 is 0 Å². The van der Waals surface area contributed by atoms with E-state index in [1.54, 1.807) is 68.7 Å². The standard InChI is InChI=1S/C24H25N3O5/c1-24(2,23(28)26-17-14-18-12-15-25-16-13-18)32-22-7-5-4-6-21(22)31-20-10-8-19(9-11-20)27(29)30-3/h4-13,15-16H,14,17H2,1-3H3/p+1. The Morgan fingerprint density at radius 3 is 2.31 bits per heavy atom. The molecule has 3 rings (SSSR count).